The first-order valence-corrected chi connectivity index (χ1v) is 7.32. The molecule has 3 nitrogen and oxygen atoms in total. The number of aliphatic hydroxyl groups excluding tert-OH is 2. The largest absolute Gasteiger partial charge is 0.396 e. The Bertz CT molecular complexity index is 344. The van der Waals surface area contributed by atoms with Crippen LogP contribution in [0.15, 0.2) is 12.1 Å². The number of hydrogen-bond acceptors (Lipinski definition) is 4. The molecule has 0 aliphatic rings. The van der Waals surface area contributed by atoms with Crippen LogP contribution in [0.25, 0.3) is 0 Å². The van der Waals surface area contributed by atoms with Crippen LogP contribution in [0.1, 0.15) is 36.9 Å². The molecule has 1 aromatic heterocycles. The first-order chi connectivity index (χ1) is 8.47. The zero-order chi connectivity index (χ0) is 13.6. The second-order valence-corrected chi connectivity index (χ2v) is 6.76. The summed E-state index contributed by atoms with van der Waals surface area (Å²) in [5.41, 5.74) is 0.204. The molecular weight excluding hydrogens is 246 g/mol. The number of hydrogen-bond donors (Lipinski definition) is 2. The monoisotopic (exact) mass is 271 g/mol. The molecule has 0 fully saturated rings. The standard InChI is InChI=1S/C14H25NO2S/c1-14(2,3)13-6-5-12(18-13)11-15(8-10-17)7-4-9-16/h5-6,16-17H,4,7-11H2,1-3H3. The summed E-state index contributed by atoms with van der Waals surface area (Å²) in [4.78, 5) is 4.91. The number of thiophene rings is 1. The summed E-state index contributed by atoms with van der Waals surface area (Å²) in [6.07, 6.45) is 0.761. The minimum Gasteiger partial charge on any atom is -0.396 e. The van der Waals surface area contributed by atoms with Crippen molar-refractivity contribution in [3.63, 3.8) is 0 Å². The molecule has 104 valence electrons. The van der Waals surface area contributed by atoms with Gasteiger partial charge in [0, 0.05) is 36.0 Å². The van der Waals surface area contributed by atoms with E-state index in [1.165, 1.54) is 9.75 Å². The lowest BCUT2D eigenvalue weighted by Crippen LogP contribution is -2.27. The first-order valence-electron chi connectivity index (χ1n) is 6.50. The van der Waals surface area contributed by atoms with Crippen LogP contribution in [0.5, 0.6) is 0 Å². The molecule has 2 N–H and O–H groups in total. The van der Waals surface area contributed by atoms with Gasteiger partial charge in [-0.15, -0.1) is 11.3 Å². The summed E-state index contributed by atoms with van der Waals surface area (Å²) in [7, 11) is 0. The summed E-state index contributed by atoms with van der Waals surface area (Å²) in [5.74, 6) is 0. The van der Waals surface area contributed by atoms with Crippen LogP contribution in [-0.2, 0) is 12.0 Å². The van der Waals surface area contributed by atoms with Gasteiger partial charge < -0.3 is 10.2 Å². The molecule has 0 spiro atoms. The molecule has 0 amide bonds. The van der Waals surface area contributed by atoms with Gasteiger partial charge in [-0.25, -0.2) is 0 Å². The van der Waals surface area contributed by atoms with Gasteiger partial charge in [-0.1, -0.05) is 20.8 Å². The predicted molar refractivity (Wildman–Crippen MR) is 77.1 cm³/mol. The maximum atomic E-state index is 9.05. The quantitative estimate of drug-likeness (QED) is 0.799. The molecule has 0 aliphatic carbocycles. The van der Waals surface area contributed by atoms with Crippen LogP contribution in [0.4, 0.5) is 0 Å². The topological polar surface area (TPSA) is 43.7 Å². The molecule has 0 saturated heterocycles. The number of rotatable bonds is 7. The third kappa shape index (κ3) is 5.06. The van der Waals surface area contributed by atoms with E-state index in [1.807, 2.05) is 11.3 Å². The zero-order valence-corrected chi connectivity index (χ0v) is 12.5. The molecule has 1 rings (SSSR count). The van der Waals surface area contributed by atoms with Crippen LogP contribution in [0.2, 0.25) is 0 Å². The van der Waals surface area contributed by atoms with Gasteiger partial charge in [0.1, 0.15) is 0 Å². The fourth-order valence-electron chi connectivity index (χ4n) is 1.79. The Balaban J connectivity index is 2.60. The van der Waals surface area contributed by atoms with Crippen LogP contribution >= 0.6 is 11.3 Å². The van der Waals surface area contributed by atoms with Crippen molar-refractivity contribution >= 4 is 11.3 Å². The Morgan fingerprint density at radius 1 is 1.11 bits per heavy atom. The molecule has 0 unspecified atom stereocenters. The smallest absolute Gasteiger partial charge is 0.0558 e. The van der Waals surface area contributed by atoms with Crippen molar-refractivity contribution in [1.82, 2.24) is 4.90 Å². The van der Waals surface area contributed by atoms with Crippen molar-refractivity contribution in [3.8, 4) is 0 Å². The van der Waals surface area contributed by atoms with E-state index in [0.717, 1.165) is 19.5 Å². The van der Waals surface area contributed by atoms with E-state index in [0.29, 0.717) is 6.54 Å². The molecule has 0 atom stereocenters. The van der Waals surface area contributed by atoms with Crippen LogP contribution in [-0.4, -0.2) is 41.4 Å². The van der Waals surface area contributed by atoms with E-state index < -0.39 is 0 Å². The molecule has 0 bridgehead atoms. The Morgan fingerprint density at radius 3 is 2.33 bits per heavy atom. The minimum absolute atomic E-state index is 0.170. The average Bonchev–Trinajstić information content (AvgIpc) is 2.74. The van der Waals surface area contributed by atoms with E-state index in [1.54, 1.807) is 0 Å². The average molecular weight is 271 g/mol. The second-order valence-electron chi connectivity index (χ2n) is 5.59. The van der Waals surface area contributed by atoms with E-state index >= 15 is 0 Å². The lowest BCUT2D eigenvalue weighted by Gasteiger charge is -2.20. The highest BCUT2D eigenvalue weighted by Crippen LogP contribution is 2.29. The molecule has 0 saturated carbocycles. The Morgan fingerprint density at radius 2 is 1.83 bits per heavy atom. The maximum Gasteiger partial charge on any atom is 0.0558 e. The van der Waals surface area contributed by atoms with Crippen LogP contribution < -0.4 is 0 Å². The van der Waals surface area contributed by atoms with Gasteiger partial charge in [-0.3, -0.25) is 4.90 Å². The van der Waals surface area contributed by atoms with Gasteiger partial charge >= 0.3 is 0 Å². The van der Waals surface area contributed by atoms with Gasteiger partial charge in [-0.05, 0) is 24.0 Å². The van der Waals surface area contributed by atoms with Gasteiger partial charge in [0.05, 0.1) is 6.61 Å². The summed E-state index contributed by atoms with van der Waals surface area (Å²) in [5, 5.41) is 17.9. The first kappa shape index (κ1) is 15.6. The van der Waals surface area contributed by atoms with Crippen molar-refractivity contribution < 1.29 is 10.2 Å². The molecule has 1 aromatic rings. The second kappa shape index (κ2) is 7.24. The van der Waals surface area contributed by atoms with Crippen molar-refractivity contribution in [2.24, 2.45) is 0 Å². The lowest BCUT2D eigenvalue weighted by molar-refractivity contribution is 0.175. The highest BCUT2D eigenvalue weighted by atomic mass is 32.1. The molecule has 18 heavy (non-hydrogen) atoms. The zero-order valence-electron chi connectivity index (χ0n) is 11.6. The van der Waals surface area contributed by atoms with Crippen molar-refractivity contribution in [1.29, 1.82) is 0 Å². The van der Waals surface area contributed by atoms with Gasteiger partial charge in [0.25, 0.3) is 0 Å². The van der Waals surface area contributed by atoms with Crippen molar-refractivity contribution in [2.45, 2.75) is 39.2 Å². The molecule has 0 aromatic carbocycles. The van der Waals surface area contributed by atoms with E-state index in [-0.39, 0.29) is 18.6 Å². The van der Waals surface area contributed by atoms with E-state index in [2.05, 4.69) is 37.8 Å². The Labute approximate surface area is 114 Å². The maximum absolute atomic E-state index is 9.05. The van der Waals surface area contributed by atoms with E-state index in [9.17, 15) is 0 Å². The molecule has 0 aliphatic heterocycles. The van der Waals surface area contributed by atoms with Gasteiger partial charge in [-0.2, -0.15) is 0 Å². The fraction of sp³-hybridized carbons (Fsp3) is 0.714. The SMILES string of the molecule is CC(C)(C)c1ccc(CN(CCO)CCCO)s1. The fourth-order valence-corrected chi connectivity index (χ4v) is 2.90. The van der Waals surface area contributed by atoms with Crippen LogP contribution in [0.3, 0.4) is 0 Å². The van der Waals surface area contributed by atoms with Crippen molar-refractivity contribution in [3.05, 3.63) is 21.9 Å². The summed E-state index contributed by atoms with van der Waals surface area (Å²) >= 11 is 1.84. The van der Waals surface area contributed by atoms with Gasteiger partial charge in [0.15, 0.2) is 0 Å². The lowest BCUT2D eigenvalue weighted by atomic mass is 9.95. The predicted octanol–water partition coefficient (Wildman–Crippen LogP) is 2.22. The number of aliphatic hydroxyl groups is 2. The van der Waals surface area contributed by atoms with Crippen LogP contribution in [0, 0.1) is 0 Å². The molecule has 1 heterocycles. The summed E-state index contributed by atoms with van der Waals surface area (Å²) in [6.45, 7) is 9.41. The van der Waals surface area contributed by atoms with Gasteiger partial charge in [0.2, 0.25) is 0 Å². The molecular formula is C14H25NO2S. The number of nitrogens with zero attached hydrogens (tertiary/aromatic N) is 1. The summed E-state index contributed by atoms with van der Waals surface area (Å²) in [6, 6.07) is 4.37. The third-order valence-electron chi connectivity index (χ3n) is 2.83. The Kier molecular flexibility index (Phi) is 6.29. The van der Waals surface area contributed by atoms with E-state index in [4.69, 9.17) is 10.2 Å². The molecule has 0 radical (unpaired) electrons. The minimum atomic E-state index is 0.170. The van der Waals surface area contributed by atoms with Crippen molar-refractivity contribution in [2.75, 3.05) is 26.3 Å². The Hall–Kier alpha value is -0.420. The third-order valence-corrected chi connectivity index (χ3v) is 4.32. The highest BCUT2D eigenvalue weighted by Gasteiger charge is 2.16. The highest BCUT2D eigenvalue weighted by molar-refractivity contribution is 7.12. The molecule has 4 heteroatoms. The summed E-state index contributed by atoms with van der Waals surface area (Å²) < 4.78 is 0. The normalized spacial score (nSPS) is 12.3.